The predicted molar refractivity (Wildman–Crippen MR) is 262 cm³/mol. The van der Waals surface area contributed by atoms with Crippen LogP contribution in [0.25, 0.3) is 0 Å². The average molecular weight is 926 g/mol. The lowest BCUT2D eigenvalue weighted by Crippen LogP contribution is -2.39. The van der Waals surface area contributed by atoms with Crippen LogP contribution in [0.1, 0.15) is 86.2 Å². The summed E-state index contributed by atoms with van der Waals surface area (Å²) in [7, 11) is 0. The second-order valence-electron chi connectivity index (χ2n) is 18.3. The van der Waals surface area contributed by atoms with Gasteiger partial charge < -0.3 is 35.6 Å². The monoisotopic (exact) mass is 925 g/mol. The fourth-order valence-electron chi connectivity index (χ4n) is 9.59. The molecule has 2 fully saturated rings. The van der Waals surface area contributed by atoms with Gasteiger partial charge in [-0.2, -0.15) is 9.97 Å². The Balaban J connectivity index is 0.000000170. The van der Waals surface area contributed by atoms with Crippen LogP contribution >= 0.6 is 0 Å². The Kier molecular flexibility index (Phi) is 14.9. The lowest BCUT2D eigenvalue weighted by Gasteiger charge is -2.33. The van der Waals surface area contributed by atoms with Crippen molar-refractivity contribution in [2.24, 2.45) is 5.73 Å². The van der Waals surface area contributed by atoms with Gasteiger partial charge in [-0.05, 0) is 155 Å². The number of hydrogen-bond donors (Lipinski definition) is 3. The maximum atomic E-state index is 13.4. The fraction of sp³-hybridized carbons (Fsp3) is 0.396. The van der Waals surface area contributed by atoms with E-state index in [4.69, 9.17) is 15.2 Å². The van der Waals surface area contributed by atoms with Crippen molar-refractivity contribution in [3.8, 4) is 23.0 Å². The predicted octanol–water partition coefficient (Wildman–Crippen LogP) is 9.46. The third kappa shape index (κ3) is 11.5. The highest BCUT2D eigenvalue weighted by Crippen LogP contribution is 2.42. The van der Waals surface area contributed by atoms with Crippen molar-refractivity contribution in [3.05, 3.63) is 152 Å². The van der Waals surface area contributed by atoms with E-state index in [0.29, 0.717) is 41.2 Å². The van der Waals surface area contributed by atoms with Crippen LogP contribution < -0.4 is 37.2 Å². The molecule has 2 saturated heterocycles. The molecule has 13 nitrogen and oxygen atoms in total. The van der Waals surface area contributed by atoms with E-state index >= 15 is 0 Å². The largest absolute Gasteiger partial charge is 0.450 e. The van der Waals surface area contributed by atoms with Crippen LogP contribution in [0.15, 0.2) is 107 Å². The number of nitrogens with two attached hydrogens (primary N) is 1. The van der Waals surface area contributed by atoms with E-state index in [9.17, 15) is 18.4 Å². The maximum absolute atomic E-state index is 13.4. The van der Waals surface area contributed by atoms with Crippen LogP contribution in [-0.4, -0.2) is 74.7 Å². The van der Waals surface area contributed by atoms with Gasteiger partial charge in [0.15, 0.2) is 34.6 Å². The molecule has 0 bridgehead atoms. The van der Waals surface area contributed by atoms with Gasteiger partial charge in [-0.1, -0.05) is 49.7 Å². The van der Waals surface area contributed by atoms with Crippen LogP contribution in [0, 0.1) is 11.6 Å². The van der Waals surface area contributed by atoms with Crippen molar-refractivity contribution < 1.29 is 18.3 Å². The Morgan fingerprint density at radius 2 is 1.01 bits per heavy atom. The summed E-state index contributed by atoms with van der Waals surface area (Å²) >= 11 is 0. The molecule has 10 rings (SSSR count). The fourth-order valence-corrected chi connectivity index (χ4v) is 9.59. The Bertz CT molecular complexity index is 2630. The van der Waals surface area contributed by atoms with Crippen molar-refractivity contribution in [2.45, 2.75) is 89.6 Å². The summed E-state index contributed by atoms with van der Waals surface area (Å²) in [6, 6.07) is 25.6. The number of rotatable bonds is 14. The number of aromatic nitrogens is 4. The lowest BCUT2D eigenvalue weighted by molar-refractivity contribution is 0.181. The number of ether oxygens (including phenoxy) is 2. The molecule has 4 aromatic carbocycles. The summed E-state index contributed by atoms with van der Waals surface area (Å²) in [6.07, 6.45) is 13.8. The summed E-state index contributed by atoms with van der Waals surface area (Å²) in [6.45, 7) is 8.98. The molecule has 0 spiro atoms. The molecular formula is C53H61F2N9O4. The van der Waals surface area contributed by atoms with Crippen LogP contribution in [0.2, 0.25) is 0 Å². The van der Waals surface area contributed by atoms with Gasteiger partial charge in [0, 0.05) is 38.3 Å². The Morgan fingerprint density at radius 3 is 1.43 bits per heavy atom. The van der Waals surface area contributed by atoms with Gasteiger partial charge >= 0.3 is 11.4 Å². The molecule has 15 heteroatoms. The first-order valence-electron chi connectivity index (χ1n) is 24.2. The number of hydrogen-bond acceptors (Lipinski definition) is 11. The Labute approximate surface area is 396 Å². The maximum Gasteiger partial charge on any atom is 0.350 e. The van der Waals surface area contributed by atoms with E-state index in [-0.39, 0.29) is 35.1 Å². The van der Waals surface area contributed by atoms with Crippen molar-refractivity contribution in [1.82, 2.24) is 28.9 Å². The van der Waals surface area contributed by atoms with Gasteiger partial charge in [0.25, 0.3) is 0 Å². The van der Waals surface area contributed by atoms with Crippen LogP contribution in [0.3, 0.4) is 0 Å². The highest BCUT2D eigenvalue weighted by atomic mass is 19.1. The summed E-state index contributed by atoms with van der Waals surface area (Å²) in [4.78, 5) is 39.1. The molecular weight excluding hydrogens is 865 g/mol. The van der Waals surface area contributed by atoms with Crippen LogP contribution in [0.4, 0.5) is 31.8 Å². The number of aryl methyl sites for hydroxylation is 4. The van der Waals surface area contributed by atoms with Crippen molar-refractivity contribution in [3.63, 3.8) is 0 Å². The molecule has 2 aromatic heterocycles. The number of anilines is 4. The highest BCUT2D eigenvalue weighted by Gasteiger charge is 2.27. The Hall–Kier alpha value is -6.42. The third-order valence-corrected chi connectivity index (χ3v) is 13.5. The van der Waals surface area contributed by atoms with Crippen LogP contribution in [-0.2, 0) is 25.7 Å². The van der Waals surface area contributed by atoms with Gasteiger partial charge in [0.1, 0.15) is 11.6 Å². The number of fused-ring (bicyclic) bond motifs is 4. The van der Waals surface area contributed by atoms with E-state index in [1.54, 1.807) is 39.6 Å². The van der Waals surface area contributed by atoms with Gasteiger partial charge in [0.2, 0.25) is 0 Å². The minimum absolute atomic E-state index is 0.120. The van der Waals surface area contributed by atoms with E-state index in [1.165, 1.54) is 25.0 Å². The highest BCUT2D eigenvalue weighted by molar-refractivity contribution is 5.74. The van der Waals surface area contributed by atoms with Crippen molar-refractivity contribution in [1.29, 1.82) is 0 Å². The molecule has 68 heavy (non-hydrogen) atoms. The second kappa shape index (κ2) is 21.7. The smallest absolute Gasteiger partial charge is 0.350 e. The zero-order valence-corrected chi connectivity index (χ0v) is 38.8. The van der Waals surface area contributed by atoms with E-state index in [0.717, 1.165) is 131 Å². The zero-order chi connectivity index (χ0) is 47.0. The zero-order valence-electron chi connectivity index (χ0n) is 38.8. The summed E-state index contributed by atoms with van der Waals surface area (Å²) in [5.74, 6) is 3.01. The van der Waals surface area contributed by atoms with Crippen molar-refractivity contribution >= 4 is 23.0 Å². The summed E-state index contributed by atoms with van der Waals surface area (Å²) < 4.78 is 42.6. The topological polar surface area (TPSA) is 145 Å². The second-order valence-corrected chi connectivity index (χ2v) is 18.3. The first-order valence-corrected chi connectivity index (χ1v) is 24.2. The molecule has 356 valence electrons. The SMILES string of the molecule is CCCCN1CCC(n2cc3c(nc2=O)Nc2cc(CCc4cccc(F)c4)ccc2O3)CC1.NCCCN1CCC(n2cc3c(nc2=O)Nc2cc(CCc4cccc(F)c4)ccc2O3)CC1. The molecule has 0 radical (unpaired) electrons. The van der Waals surface area contributed by atoms with Gasteiger partial charge in [0.05, 0.1) is 23.8 Å². The minimum atomic E-state index is -0.263. The molecule has 0 saturated carbocycles. The summed E-state index contributed by atoms with van der Waals surface area (Å²) in [5, 5.41) is 6.53. The number of likely N-dealkylation sites (tertiary alicyclic amines) is 2. The molecule has 4 N–H and O–H groups in total. The average Bonchev–Trinajstić information content (AvgIpc) is 3.35. The standard InChI is InChI=1S/C27H31FN4O2.C26H30FN5O2/c1-2-3-13-31-14-11-22(12-15-31)32-18-25-26(30-27(32)33)29-23-17-20(9-10-24(23)34-25)8-7-19-5-4-6-21(28)16-19;27-20-4-1-3-18(15-20)5-6-19-7-8-23-22(16-19)29-25-24(34-23)17-32(26(33)30-25)21-9-13-31(14-10-21)12-2-11-28/h4-6,9-10,16-18,22H,2-3,7-8,11-15H2,1H3,(H,29,30,33);1,3-4,7-8,15-17,21H,2,5-6,9-14,28H2,(H,29,30,33). The third-order valence-electron chi connectivity index (χ3n) is 13.5. The van der Waals surface area contributed by atoms with Crippen molar-refractivity contribution in [2.75, 3.05) is 56.4 Å². The number of nitrogens with zero attached hydrogens (tertiary/aromatic N) is 6. The van der Waals surface area contributed by atoms with E-state index < -0.39 is 0 Å². The molecule has 0 amide bonds. The lowest BCUT2D eigenvalue weighted by atomic mass is 10.0. The van der Waals surface area contributed by atoms with Gasteiger partial charge in [-0.25, -0.2) is 18.4 Å². The summed E-state index contributed by atoms with van der Waals surface area (Å²) in [5.41, 5.74) is 10.8. The van der Waals surface area contributed by atoms with E-state index in [2.05, 4.69) is 37.3 Å². The number of halogens is 2. The molecule has 6 heterocycles. The minimum Gasteiger partial charge on any atom is -0.450 e. The molecule has 0 unspecified atom stereocenters. The van der Waals surface area contributed by atoms with Gasteiger partial charge in [-0.3, -0.25) is 9.13 Å². The molecule has 4 aliphatic rings. The number of unbranched alkanes of at least 4 members (excludes halogenated alkanes) is 1. The van der Waals surface area contributed by atoms with Crippen LogP contribution in [0.5, 0.6) is 23.0 Å². The van der Waals surface area contributed by atoms with E-state index in [1.807, 2.05) is 54.7 Å². The first-order chi connectivity index (χ1) is 33.2. The molecule has 4 aliphatic heterocycles. The normalized spacial score (nSPS) is 15.8. The molecule has 0 atom stereocenters. The molecule has 0 aliphatic carbocycles. The Morgan fingerprint density at radius 1 is 0.588 bits per heavy atom. The van der Waals surface area contributed by atoms with Gasteiger partial charge in [-0.15, -0.1) is 0 Å². The number of benzene rings is 4. The quantitative estimate of drug-likeness (QED) is 0.0960. The number of piperidine rings is 2. The molecule has 6 aromatic rings. The number of nitrogens with one attached hydrogen (secondary N) is 2. The first kappa shape index (κ1) is 46.7.